The number of carbonyl (C=O) groups excluding carboxylic acids is 1. The number of hydrogen-bond donors (Lipinski definition) is 2. The fourth-order valence-electron chi connectivity index (χ4n) is 4.56. The summed E-state index contributed by atoms with van der Waals surface area (Å²) in [6, 6.07) is 8.82. The van der Waals surface area contributed by atoms with E-state index in [0.29, 0.717) is 16.7 Å². The highest BCUT2D eigenvalue weighted by molar-refractivity contribution is 5.74. The van der Waals surface area contributed by atoms with Crippen LogP contribution in [0.3, 0.4) is 0 Å². The summed E-state index contributed by atoms with van der Waals surface area (Å²) in [6.07, 6.45) is 7.13. The Labute approximate surface area is 144 Å². The number of hydrogen-bond acceptors (Lipinski definition) is 2. The molecule has 3 aliphatic carbocycles. The Balaban J connectivity index is 1.22. The predicted octanol–water partition coefficient (Wildman–Crippen LogP) is 3.01. The van der Waals surface area contributed by atoms with E-state index in [1.165, 1.54) is 43.2 Å². The van der Waals surface area contributed by atoms with Gasteiger partial charge in [0.05, 0.1) is 0 Å². The normalized spacial score (nSPS) is 28.5. The van der Waals surface area contributed by atoms with Crippen LogP contribution in [0.1, 0.15) is 43.2 Å². The molecule has 0 heterocycles. The summed E-state index contributed by atoms with van der Waals surface area (Å²) in [5.74, 6) is 0.607. The molecule has 2 fully saturated rings. The van der Waals surface area contributed by atoms with Crippen molar-refractivity contribution in [1.82, 2.24) is 10.6 Å². The van der Waals surface area contributed by atoms with Gasteiger partial charge in [0, 0.05) is 32.2 Å². The molecule has 0 aliphatic heterocycles. The van der Waals surface area contributed by atoms with Gasteiger partial charge in [-0.15, -0.1) is 0 Å². The zero-order valence-corrected chi connectivity index (χ0v) is 14.6. The molecule has 2 amide bonds. The van der Waals surface area contributed by atoms with Gasteiger partial charge in [0.1, 0.15) is 0 Å². The highest BCUT2D eigenvalue weighted by Crippen LogP contribution is 2.61. The molecule has 0 saturated heterocycles. The molecule has 3 aliphatic rings. The van der Waals surface area contributed by atoms with E-state index in [1.807, 2.05) is 0 Å². The molecule has 1 aromatic carbocycles. The fraction of sp³-hybridized carbons (Fsp3) is 0.650. The third kappa shape index (κ3) is 2.92. The number of benzene rings is 1. The van der Waals surface area contributed by atoms with Crippen LogP contribution in [0.5, 0.6) is 0 Å². The largest absolute Gasteiger partial charge is 0.385 e. The van der Waals surface area contributed by atoms with Crippen molar-refractivity contribution in [2.24, 2.45) is 11.3 Å². The summed E-state index contributed by atoms with van der Waals surface area (Å²) >= 11 is 0. The van der Waals surface area contributed by atoms with Crippen LogP contribution in [0.4, 0.5) is 4.79 Å². The molecule has 4 nitrogen and oxygen atoms in total. The van der Waals surface area contributed by atoms with Crippen molar-refractivity contribution in [3.63, 3.8) is 0 Å². The van der Waals surface area contributed by atoms with E-state index in [0.717, 1.165) is 26.1 Å². The van der Waals surface area contributed by atoms with Crippen LogP contribution in [0.15, 0.2) is 24.3 Å². The zero-order chi connectivity index (χ0) is 16.6. The minimum Gasteiger partial charge on any atom is -0.385 e. The SMILES string of the molecule is COCCC1(CNC(=O)NC[C@H]2C[C@]23CCc2ccccc23)CC1. The Hall–Kier alpha value is -1.55. The number of carbonyl (C=O) groups is 1. The summed E-state index contributed by atoms with van der Waals surface area (Å²) in [5.41, 5.74) is 3.71. The van der Waals surface area contributed by atoms with E-state index >= 15 is 0 Å². The van der Waals surface area contributed by atoms with Gasteiger partial charge < -0.3 is 15.4 Å². The molecule has 0 aromatic heterocycles. The van der Waals surface area contributed by atoms with Gasteiger partial charge in [-0.25, -0.2) is 4.79 Å². The maximum absolute atomic E-state index is 12.1. The van der Waals surface area contributed by atoms with E-state index in [1.54, 1.807) is 7.11 Å². The number of methoxy groups -OCH3 is 1. The Morgan fingerprint density at radius 3 is 2.88 bits per heavy atom. The standard InChI is InChI=1S/C20H28N2O2/c1-24-11-10-19(8-9-19)14-22-18(23)21-13-16-12-20(16)7-6-15-4-2-3-5-17(15)20/h2-5,16H,6-14H2,1H3,(H2,21,22,23)/t16-,20-/m1/s1. The van der Waals surface area contributed by atoms with E-state index in [9.17, 15) is 4.79 Å². The van der Waals surface area contributed by atoms with Crippen LogP contribution >= 0.6 is 0 Å². The third-order valence-electron chi connectivity index (χ3n) is 6.55. The molecule has 2 N–H and O–H groups in total. The summed E-state index contributed by atoms with van der Waals surface area (Å²) < 4.78 is 5.17. The second-order valence-electron chi connectivity index (χ2n) is 8.02. The van der Waals surface area contributed by atoms with Gasteiger partial charge in [0.2, 0.25) is 0 Å². The lowest BCUT2D eigenvalue weighted by Gasteiger charge is -2.16. The second-order valence-corrected chi connectivity index (χ2v) is 8.02. The van der Waals surface area contributed by atoms with Gasteiger partial charge in [0.15, 0.2) is 0 Å². The molecular weight excluding hydrogens is 300 g/mol. The summed E-state index contributed by atoms with van der Waals surface area (Å²) in [5, 5.41) is 6.17. The molecule has 0 unspecified atom stereocenters. The van der Waals surface area contributed by atoms with Crippen molar-refractivity contribution in [2.45, 2.75) is 43.9 Å². The molecule has 1 aromatic rings. The molecule has 24 heavy (non-hydrogen) atoms. The maximum atomic E-state index is 12.1. The zero-order valence-electron chi connectivity index (χ0n) is 14.6. The second kappa shape index (κ2) is 6.07. The fourth-order valence-corrected chi connectivity index (χ4v) is 4.56. The van der Waals surface area contributed by atoms with Gasteiger partial charge in [-0.05, 0) is 61.0 Å². The average molecular weight is 328 g/mol. The minimum absolute atomic E-state index is 0.00739. The number of aryl methyl sites for hydroxylation is 1. The lowest BCUT2D eigenvalue weighted by molar-refractivity contribution is 0.171. The summed E-state index contributed by atoms with van der Waals surface area (Å²) in [6.45, 7) is 2.36. The van der Waals surface area contributed by atoms with Crippen molar-refractivity contribution in [2.75, 3.05) is 26.8 Å². The van der Waals surface area contributed by atoms with Crippen molar-refractivity contribution in [3.05, 3.63) is 35.4 Å². The van der Waals surface area contributed by atoms with Gasteiger partial charge in [-0.2, -0.15) is 0 Å². The Kier molecular flexibility index (Phi) is 4.03. The highest BCUT2D eigenvalue weighted by Gasteiger charge is 2.57. The van der Waals surface area contributed by atoms with Crippen molar-refractivity contribution < 1.29 is 9.53 Å². The first-order chi connectivity index (χ1) is 11.7. The van der Waals surface area contributed by atoms with Crippen molar-refractivity contribution in [1.29, 1.82) is 0 Å². The Morgan fingerprint density at radius 1 is 1.25 bits per heavy atom. The van der Waals surface area contributed by atoms with Gasteiger partial charge in [0.25, 0.3) is 0 Å². The maximum Gasteiger partial charge on any atom is 0.314 e. The molecule has 2 atom stereocenters. The summed E-state index contributed by atoms with van der Waals surface area (Å²) in [4.78, 5) is 12.1. The average Bonchev–Trinajstić information content (AvgIpc) is 3.49. The third-order valence-corrected chi connectivity index (χ3v) is 6.55. The van der Waals surface area contributed by atoms with Crippen LogP contribution in [0.2, 0.25) is 0 Å². The van der Waals surface area contributed by atoms with Crippen LogP contribution < -0.4 is 10.6 Å². The molecular formula is C20H28N2O2. The van der Waals surface area contributed by atoms with Crippen LogP contribution in [0, 0.1) is 11.3 Å². The molecule has 4 heteroatoms. The predicted molar refractivity (Wildman–Crippen MR) is 94.1 cm³/mol. The quantitative estimate of drug-likeness (QED) is 0.808. The van der Waals surface area contributed by atoms with E-state index in [2.05, 4.69) is 34.9 Å². The monoisotopic (exact) mass is 328 g/mol. The number of fused-ring (bicyclic) bond motifs is 2. The van der Waals surface area contributed by atoms with Crippen molar-refractivity contribution >= 4 is 6.03 Å². The van der Waals surface area contributed by atoms with Gasteiger partial charge in [-0.3, -0.25) is 0 Å². The van der Waals surface area contributed by atoms with Crippen LogP contribution in [-0.2, 0) is 16.6 Å². The van der Waals surface area contributed by atoms with Gasteiger partial charge >= 0.3 is 6.03 Å². The molecule has 130 valence electrons. The van der Waals surface area contributed by atoms with Crippen molar-refractivity contribution in [3.8, 4) is 0 Å². The first-order valence-electron chi connectivity index (χ1n) is 9.27. The number of rotatable bonds is 7. The number of nitrogens with one attached hydrogen (secondary N) is 2. The lowest BCUT2D eigenvalue weighted by atomic mass is 9.95. The summed E-state index contributed by atoms with van der Waals surface area (Å²) in [7, 11) is 1.74. The van der Waals surface area contributed by atoms with E-state index < -0.39 is 0 Å². The number of amides is 2. The first-order valence-corrected chi connectivity index (χ1v) is 9.27. The molecule has 1 spiro atoms. The Morgan fingerprint density at radius 2 is 2.08 bits per heavy atom. The number of urea groups is 1. The number of ether oxygens (including phenoxy) is 1. The lowest BCUT2D eigenvalue weighted by Crippen LogP contribution is -2.40. The topological polar surface area (TPSA) is 50.4 Å². The van der Waals surface area contributed by atoms with Crippen LogP contribution in [0.25, 0.3) is 0 Å². The van der Waals surface area contributed by atoms with E-state index in [4.69, 9.17) is 4.74 Å². The first kappa shape index (κ1) is 15.9. The Bertz CT molecular complexity index is 626. The minimum atomic E-state index is -0.00739. The molecule has 0 bridgehead atoms. The molecule has 4 rings (SSSR count). The van der Waals surface area contributed by atoms with Gasteiger partial charge in [-0.1, -0.05) is 24.3 Å². The van der Waals surface area contributed by atoms with Crippen LogP contribution in [-0.4, -0.2) is 32.8 Å². The highest BCUT2D eigenvalue weighted by atomic mass is 16.5. The molecule has 0 radical (unpaired) electrons. The smallest absolute Gasteiger partial charge is 0.314 e. The van der Waals surface area contributed by atoms with E-state index in [-0.39, 0.29) is 6.03 Å². The molecule has 2 saturated carbocycles.